The Hall–Kier alpha value is -1.96. The van der Waals surface area contributed by atoms with Gasteiger partial charge in [-0.15, -0.1) is 0 Å². The van der Waals surface area contributed by atoms with E-state index in [9.17, 15) is 22.0 Å². The van der Waals surface area contributed by atoms with E-state index in [-0.39, 0.29) is 0 Å². The minimum Gasteiger partial charge on any atom is -0.337 e. The minimum absolute atomic E-state index is 0.453. The van der Waals surface area contributed by atoms with Crippen molar-refractivity contribution in [2.45, 2.75) is 6.18 Å². The Morgan fingerprint density at radius 3 is 2.50 bits per heavy atom. The number of nitrogens with zero attached hydrogens (tertiary/aromatic N) is 2. The summed E-state index contributed by atoms with van der Waals surface area (Å²) in [4.78, 5) is 6.55. The summed E-state index contributed by atoms with van der Waals surface area (Å²) in [6.45, 7) is 0. The molecule has 3 nitrogen and oxygen atoms in total. The monoisotopic (exact) mass is 309 g/mol. The molecular formula is C11H5ClF5N3. The van der Waals surface area contributed by atoms with E-state index in [2.05, 4.69) is 15.3 Å². The summed E-state index contributed by atoms with van der Waals surface area (Å²) in [5.41, 5.74) is -1.74. The van der Waals surface area contributed by atoms with Gasteiger partial charge in [-0.05, 0) is 23.7 Å². The first-order chi connectivity index (χ1) is 9.29. The Balaban J connectivity index is 2.48. The van der Waals surface area contributed by atoms with E-state index in [1.54, 1.807) is 0 Å². The van der Waals surface area contributed by atoms with E-state index in [4.69, 9.17) is 11.6 Å². The molecule has 2 rings (SSSR count). The lowest BCUT2D eigenvalue weighted by Crippen LogP contribution is -2.12. The highest BCUT2D eigenvalue weighted by Gasteiger charge is 2.35. The maximum atomic E-state index is 13.4. The van der Waals surface area contributed by atoms with Gasteiger partial charge in [0.15, 0.2) is 11.6 Å². The summed E-state index contributed by atoms with van der Waals surface area (Å²) in [7, 11) is 0. The number of aromatic nitrogens is 2. The molecule has 0 radical (unpaired) electrons. The molecule has 9 heteroatoms. The minimum atomic E-state index is -4.77. The van der Waals surface area contributed by atoms with Gasteiger partial charge in [-0.2, -0.15) is 18.2 Å². The van der Waals surface area contributed by atoms with Gasteiger partial charge < -0.3 is 5.32 Å². The van der Waals surface area contributed by atoms with E-state index in [0.29, 0.717) is 6.20 Å². The third kappa shape index (κ3) is 2.96. The highest BCUT2D eigenvalue weighted by atomic mass is 35.5. The Bertz CT molecular complexity index is 644. The molecule has 0 atom stereocenters. The quantitative estimate of drug-likeness (QED) is 0.668. The van der Waals surface area contributed by atoms with Crippen LogP contribution in [0.25, 0.3) is 0 Å². The van der Waals surface area contributed by atoms with Gasteiger partial charge in [0.05, 0.1) is 5.69 Å². The lowest BCUT2D eigenvalue weighted by atomic mass is 10.2. The number of halogens is 6. The third-order valence-corrected chi connectivity index (χ3v) is 2.45. The Morgan fingerprint density at radius 2 is 1.85 bits per heavy atom. The SMILES string of the molecule is Fc1cccc(Nc2nc(Cl)ncc2C(F)(F)F)c1F. The molecule has 0 aliphatic carbocycles. The van der Waals surface area contributed by atoms with Crippen LogP contribution in [-0.2, 0) is 6.18 Å². The fraction of sp³-hybridized carbons (Fsp3) is 0.0909. The number of anilines is 2. The van der Waals surface area contributed by atoms with Crippen LogP contribution in [0.1, 0.15) is 5.56 Å². The molecule has 1 aromatic carbocycles. The van der Waals surface area contributed by atoms with Crippen molar-refractivity contribution in [3.8, 4) is 0 Å². The number of benzene rings is 1. The van der Waals surface area contributed by atoms with Crippen LogP contribution in [0.2, 0.25) is 5.28 Å². The highest BCUT2D eigenvalue weighted by molar-refractivity contribution is 6.28. The van der Waals surface area contributed by atoms with Crippen molar-refractivity contribution in [1.29, 1.82) is 0 Å². The number of alkyl halides is 3. The Labute approximate surface area is 114 Å². The van der Waals surface area contributed by atoms with Crippen LogP contribution in [0, 0.1) is 11.6 Å². The Kier molecular flexibility index (Phi) is 3.76. The predicted molar refractivity (Wildman–Crippen MR) is 61.7 cm³/mol. The molecule has 0 amide bonds. The summed E-state index contributed by atoms with van der Waals surface area (Å²) >= 11 is 5.41. The first-order valence-corrected chi connectivity index (χ1v) is 5.47. The average Bonchev–Trinajstić information content (AvgIpc) is 2.33. The van der Waals surface area contributed by atoms with Crippen LogP contribution in [0.4, 0.5) is 33.5 Å². The van der Waals surface area contributed by atoms with Crippen LogP contribution in [0.3, 0.4) is 0 Å². The van der Waals surface area contributed by atoms with Crippen LogP contribution in [0.15, 0.2) is 24.4 Å². The molecule has 106 valence electrons. The summed E-state index contributed by atoms with van der Waals surface area (Å²) in [5.74, 6) is -3.29. The molecule has 1 heterocycles. The zero-order valence-corrected chi connectivity index (χ0v) is 10.2. The van der Waals surface area contributed by atoms with Crippen LogP contribution < -0.4 is 5.32 Å². The van der Waals surface area contributed by atoms with Crippen LogP contribution in [-0.4, -0.2) is 9.97 Å². The van der Waals surface area contributed by atoms with E-state index < -0.39 is 40.2 Å². The molecule has 0 unspecified atom stereocenters. The molecule has 0 fully saturated rings. The highest BCUT2D eigenvalue weighted by Crippen LogP contribution is 2.35. The van der Waals surface area contributed by atoms with E-state index >= 15 is 0 Å². The van der Waals surface area contributed by atoms with Gasteiger partial charge >= 0.3 is 6.18 Å². The normalized spacial score (nSPS) is 11.5. The molecule has 0 saturated carbocycles. The number of hydrogen-bond acceptors (Lipinski definition) is 3. The van der Waals surface area contributed by atoms with Gasteiger partial charge in [-0.1, -0.05) is 6.07 Å². The van der Waals surface area contributed by atoms with E-state index in [1.807, 2.05) is 0 Å². The number of rotatable bonds is 2. The van der Waals surface area contributed by atoms with Gasteiger partial charge in [0, 0.05) is 6.20 Å². The molecule has 0 aliphatic rings. The zero-order valence-electron chi connectivity index (χ0n) is 9.47. The van der Waals surface area contributed by atoms with Crippen molar-refractivity contribution in [2.75, 3.05) is 5.32 Å². The fourth-order valence-electron chi connectivity index (χ4n) is 1.39. The standard InChI is InChI=1S/C11H5ClF5N3/c12-10-18-4-5(11(15,16)17)9(20-10)19-7-3-1-2-6(13)8(7)14/h1-4H,(H,18,19,20). The summed E-state index contributed by atoms with van der Waals surface area (Å²) in [5, 5.41) is 1.60. The van der Waals surface area contributed by atoms with Gasteiger partial charge in [-0.25, -0.2) is 13.8 Å². The summed E-state index contributed by atoms with van der Waals surface area (Å²) < 4.78 is 64.6. The molecular weight excluding hydrogens is 305 g/mol. The molecule has 0 saturated heterocycles. The van der Waals surface area contributed by atoms with Crippen molar-refractivity contribution in [1.82, 2.24) is 9.97 Å². The molecule has 0 bridgehead atoms. The van der Waals surface area contributed by atoms with Gasteiger partial charge in [0.25, 0.3) is 0 Å². The second kappa shape index (κ2) is 5.20. The number of nitrogens with one attached hydrogen (secondary N) is 1. The third-order valence-electron chi connectivity index (χ3n) is 2.27. The summed E-state index contributed by atoms with van der Waals surface area (Å²) in [6.07, 6.45) is -4.31. The van der Waals surface area contributed by atoms with Crippen molar-refractivity contribution in [3.63, 3.8) is 0 Å². The number of hydrogen-bond donors (Lipinski definition) is 1. The first kappa shape index (κ1) is 14.4. The van der Waals surface area contributed by atoms with Crippen LogP contribution >= 0.6 is 11.6 Å². The lowest BCUT2D eigenvalue weighted by Gasteiger charge is -2.13. The van der Waals surface area contributed by atoms with Crippen molar-refractivity contribution >= 4 is 23.1 Å². The van der Waals surface area contributed by atoms with Gasteiger partial charge in [-0.3, -0.25) is 0 Å². The Morgan fingerprint density at radius 1 is 1.15 bits per heavy atom. The molecule has 1 aromatic heterocycles. The van der Waals surface area contributed by atoms with E-state index in [1.165, 1.54) is 0 Å². The predicted octanol–water partition coefficient (Wildman–Crippen LogP) is 4.17. The fourth-order valence-corrected chi connectivity index (χ4v) is 1.52. The molecule has 2 aromatic rings. The van der Waals surface area contributed by atoms with Gasteiger partial charge in [0.2, 0.25) is 5.28 Å². The summed E-state index contributed by atoms with van der Waals surface area (Å²) in [6, 6.07) is 3.03. The smallest absolute Gasteiger partial charge is 0.337 e. The topological polar surface area (TPSA) is 37.8 Å². The molecule has 0 spiro atoms. The van der Waals surface area contributed by atoms with Crippen molar-refractivity contribution in [2.24, 2.45) is 0 Å². The molecule has 1 N–H and O–H groups in total. The van der Waals surface area contributed by atoms with Gasteiger partial charge in [0.1, 0.15) is 11.4 Å². The molecule has 0 aliphatic heterocycles. The zero-order chi connectivity index (χ0) is 14.9. The molecule has 20 heavy (non-hydrogen) atoms. The first-order valence-electron chi connectivity index (χ1n) is 5.10. The van der Waals surface area contributed by atoms with Crippen LogP contribution in [0.5, 0.6) is 0 Å². The average molecular weight is 310 g/mol. The van der Waals surface area contributed by atoms with Crippen molar-refractivity contribution in [3.05, 3.63) is 46.9 Å². The van der Waals surface area contributed by atoms with E-state index in [0.717, 1.165) is 18.2 Å². The lowest BCUT2D eigenvalue weighted by molar-refractivity contribution is -0.137. The van der Waals surface area contributed by atoms with Crippen molar-refractivity contribution < 1.29 is 22.0 Å². The largest absolute Gasteiger partial charge is 0.421 e. The second-order valence-corrected chi connectivity index (χ2v) is 3.96. The maximum absolute atomic E-state index is 13.4. The second-order valence-electron chi connectivity index (χ2n) is 3.63. The maximum Gasteiger partial charge on any atom is 0.421 e.